The fourth-order valence-corrected chi connectivity index (χ4v) is 2.13. The Hall–Kier alpha value is -2.50. The maximum Gasteiger partial charge on any atom is 0.341 e. The van der Waals surface area contributed by atoms with E-state index in [1.54, 1.807) is 25.1 Å². The maximum atomic E-state index is 11.3. The molecule has 0 saturated carbocycles. The molecule has 1 aliphatic heterocycles. The second kappa shape index (κ2) is 4.88. The van der Waals surface area contributed by atoms with Gasteiger partial charge in [0.2, 0.25) is 0 Å². The van der Waals surface area contributed by atoms with Crippen molar-refractivity contribution in [2.24, 2.45) is 0 Å². The average Bonchev–Trinajstić information content (AvgIpc) is 2.67. The van der Waals surface area contributed by atoms with Gasteiger partial charge in [-0.15, -0.1) is 0 Å². The Morgan fingerprint density at radius 1 is 1.25 bits per heavy atom. The van der Waals surface area contributed by atoms with Crippen LogP contribution in [0, 0.1) is 6.92 Å². The van der Waals surface area contributed by atoms with Gasteiger partial charge in [-0.25, -0.2) is 4.79 Å². The molecule has 1 N–H and O–H groups in total. The summed E-state index contributed by atoms with van der Waals surface area (Å²) in [7, 11) is 0. The highest BCUT2D eigenvalue weighted by molar-refractivity contribution is 5.95. The molecule has 104 valence electrons. The van der Waals surface area contributed by atoms with E-state index in [1.165, 1.54) is 0 Å². The van der Waals surface area contributed by atoms with Crippen LogP contribution in [0.3, 0.4) is 0 Å². The van der Waals surface area contributed by atoms with Gasteiger partial charge >= 0.3 is 5.97 Å². The van der Waals surface area contributed by atoms with Crippen LogP contribution in [0.2, 0.25) is 0 Å². The van der Waals surface area contributed by atoms with E-state index in [2.05, 4.69) is 5.16 Å². The molecule has 0 amide bonds. The van der Waals surface area contributed by atoms with Gasteiger partial charge in [0.25, 0.3) is 0 Å². The van der Waals surface area contributed by atoms with Crippen molar-refractivity contribution in [3.8, 4) is 22.8 Å². The maximum absolute atomic E-state index is 11.3. The minimum Gasteiger partial charge on any atom is -0.490 e. The predicted molar refractivity (Wildman–Crippen MR) is 69.2 cm³/mol. The molecule has 1 aromatic heterocycles. The minimum absolute atomic E-state index is 0.0690. The Morgan fingerprint density at radius 2 is 2.00 bits per heavy atom. The van der Waals surface area contributed by atoms with E-state index >= 15 is 0 Å². The summed E-state index contributed by atoms with van der Waals surface area (Å²) < 4.78 is 16.1. The fraction of sp³-hybridized carbons (Fsp3) is 0.286. The van der Waals surface area contributed by atoms with Crippen LogP contribution in [0.25, 0.3) is 11.3 Å². The molecule has 0 aliphatic carbocycles. The van der Waals surface area contributed by atoms with Crippen molar-refractivity contribution < 1.29 is 23.9 Å². The molecule has 0 bridgehead atoms. The zero-order chi connectivity index (χ0) is 14.1. The third kappa shape index (κ3) is 2.09. The standard InChI is InChI=1S/C14H13NO5/c1-8-12(14(16)17)13(15-20-8)9-3-4-10-11(7-9)19-6-2-5-18-10/h3-4,7H,2,5-6H2,1H3,(H,16,17). The van der Waals surface area contributed by atoms with Crippen LogP contribution in [0.1, 0.15) is 22.5 Å². The lowest BCUT2D eigenvalue weighted by atomic mass is 10.1. The molecule has 1 aromatic carbocycles. The summed E-state index contributed by atoms with van der Waals surface area (Å²) in [6, 6.07) is 5.23. The zero-order valence-electron chi connectivity index (χ0n) is 10.9. The van der Waals surface area contributed by atoms with Crippen molar-refractivity contribution >= 4 is 5.97 Å². The predicted octanol–water partition coefficient (Wildman–Crippen LogP) is 2.51. The number of aryl methyl sites for hydroxylation is 1. The number of nitrogens with zero attached hydrogens (tertiary/aromatic N) is 1. The molecule has 3 rings (SSSR count). The fourth-order valence-electron chi connectivity index (χ4n) is 2.13. The molecule has 0 unspecified atom stereocenters. The first-order valence-electron chi connectivity index (χ1n) is 6.26. The second-order valence-corrected chi connectivity index (χ2v) is 4.48. The number of benzene rings is 1. The van der Waals surface area contributed by atoms with Crippen LogP contribution < -0.4 is 9.47 Å². The van der Waals surface area contributed by atoms with Crippen LogP contribution in [0.15, 0.2) is 22.7 Å². The Balaban J connectivity index is 2.07. The molecule has 1 aliphatic rings. The van der Waals surface area contributed by atoms with Gasteiger partial charge in [0.15, 0.2) is 11.5 Å². The van der Waals surface area contributed by atoms with Crippen LogP contribution >= 0.6 is 0 Å². The summed E-state index contributed by atoms with van der Waals surface area (Å²) in [5.41, 5.74) is 0.994. The number of aromatic carboxylic acids is 1. The van der Waals surface area contributed by atoms with Crippen molar-refractivity contribution in [1.29, 1.82) is 0 Å². The van der Waals surface area contributed by atoms with Crippen molar-refractivity contribution in [2.45, 2.75) is 13.3 Å². The Labute approximate surface area is 114 Å². The lowest BCUT2D eigenvalue weighted by Gasteiger charge is -2.08. The van der Waals surface area contributed by atoms with Gasteiger partial charge in [0, 0.05) is 12.0 Å². The van der Waals surface area contributed by atoms with Gasteiger partial charge < -0.3 is 19.1 Å². The van der Waals surface area contributed by atoms with E-state index in [1.807, 2.05) is 0 Å². The molecular weight excluding hydrogens is 262 g/mol. The van der Waals surface area contributed by atoms with Crippen molar-refractivity contribution in [3.05, 3.63) is 29.5 Å². The third-order valence-corrected chi connectivity index (χ3v) is 3.10. The summed E-state index contributed by atoms with van der Waals surface area (Å²) in [6.07, 6.45) is 0.813. The highest BCUT2D eigenvalue weighted by Crippen LogP contribution is 2.35. The summed E-state index contributed by atoms with van der Waals surface area (Å²) >= 11 is 0. The number of aromatic nitrogens is 1. The van der Waals surface area contributed by atoms with Gasteiger partial charge in [0.05, 0.1) is 13.2 Å². The molecule has 0 saturated heterocycles. The number of carbonyl (C=O) groups is 1. The lowest BCUT2D eigenvalue weighted by molar-refractivity contribution is 0.0695. The van der Waals surface area contributed by atoms with Crippen molar-refractivity contribution in [1.82, 2.24) is 5.16 Å². The second-order valence-electron chi connectivity index (χ2n) is 4.48. The lowest BCUT2D eigenvalue weighted by Crippen LogP contribution is -1.99. The number of carboxylic acid groups (broad SMARTS) is 1. The van der Waals surface area contributed by atoms with Crippen LogP contribution in [0.4, 0.5) is 0 Å². The molecule has 0 radical (unpaired) electrons. The van der Waals surface area contributed by atoms with E-state index in [0.29, 0.717) is 36.0 Å². The number of hydrogen-bond donors (Lipinski definition) is 1. The SMILES string of the molecule is Cc1onc(-c2ccc3c(c2)OCCCO3)c1C(=O)O. The molecule has 2 aromatic rings. The largest absolute Gasteiger partial charge is 0.490 e. The van der Waals surface area contributed by atoms with Crippen LogP contribution in [-0.2, 0) is 0 Å². The molecular formula is C14H13NO5. The number of rotatable bonds is 2. The van der Waals surface area contributed by atoms with Gasteiger partial charge in [-0.1, -0.05) is 5.16 Å². The highest BCUT2D eigenvalue weighted by atomic mass is 16.5. The number of fused-ring (bicyclic) bond motifs is 1. The van der Waals surface area contributed by atoms with Gasteiger partial charge in [0.1, 0.15) is 17.0 Å². The van der Waals surface area contributed by atoms with E-state index in [0.717, 1.165) is 6.42 Å². The normalized spacial score (nSPS) is 13.8. The van der Waals surface area contributed by atoms with Gasteiger partial charge in [-0.3, -0.25) is 0 Å². The Bertz CT molecular complexity index is 662. The van der Waals surface area contributed by atoms with Crippen molar-refractivity contribution in [2.75, 3.05) is 13.2 Å². The first-order valence-corrected chi connectivity index (χ1v) is 6.26. The first-order chi connectivity index (χ1) is 9.66. The van der Waals surface area contributed by atoms with E-state index in [9.17, 15) is 9.90 Å². The Kier molecular flexibility index (Phi) is 3.06. The summed E-state index contributed by atoms with van der Waals surface area (Å²) in [5, 5.41) is 13.1. The summed E-state index contributed by atoms with van der Waals surface area (Å²) in [4.78, 5) is 11.3. The third-order valence-electron chi connectivity index (χ3n) is 3.10. The molecule has 20 heavy (non-hydrogen) atoms. The summed E-state index contributed by atoms with van der Waals surface area (Å²) in [5.74, 6) is 0.464. The van der Waals surface area contributed by atoms with Crippen LogP contribution in [0.5, 0.6) is 11.5 Å². The number of hydrogen-bond acceptors (Lipinski definition) is 5. The van der Waals surface area contributed by atoms with Gasteiger partial charge in [-0.05, 0) is 25.1 Å². The smallest absolute Gasteiger partial charge is 0.341 e. The first kappa shape index (κ1) is 12.5. The van der Waals surface area contributed by atoms with E-state index < -0.39 is 5.97 Å². The molecule has 6 nitrogen and oxygen atoms in total. The van der Waals surface area contributed by atoms with Gasteiger partial charge in [-0.2, -0.15) is 0 Å². The highest BCUT2D eigenvalue weighted by Gasteiger charge is 2.22. The number of ether oxygens (including phenoxy) is 2. The monoisotopic (exact) mass is 275 g/mol. The number of carboxylic acids is 1. The minimum atomic E-state index is -1.06. The average molecular weight is 275 g/mol. The van der Waals surface area contributed by atoms with E-state index in [-0.39, 0.29) is 11.3 Å². The summed E-state index contributed by atoms with van der Waals surface area (Å²) in [6.45, 7) is 2.75. The molecule has 0 atom stereocenters. The van der Waals surface area contributed by atoms with Crippen molar-refractivity contribution in [3.63, 3.8) is 0 Å². The zero-order valence-corrected chi connectivity index (χ0v) is 10.9. The Morgan fingerprint density at radius 3 is 2.75 bits per heavy atom. The molecule has 0 spiro atoms. The molecule has 6 heteroatoms. The quantitative estimate of drug-likeness (QED) is 0.906. The van der Waals surface area contributed by atoms with Crippen LogP contribution in [-0.4, -0.2) is 29.4 Å². The van der Waals surface area contributed by atoms with E-state index in [4.69, 9.17) is 14.0 Å². The topological polar surface area (TPSA) is 81.8 Å². The molecule has 0 fully saturated rings. The molecule has 2 heterocycles.